The highest BCUT2D eigenvalue weighted by molar-refractivity contribution is 5.62. The molecule has 1 aliphatic heterocycles. The van der Waals surface area contributed by atoms with E-state index in [0.717, 1.165) is 19.4 Å². The molecule has 0 amide bonds. The topological polar surface area (TPSA) is 97.3 Å². The molecule has 1 saturated heterocycles. The molecule has 1 aromatic rings. The number of fused-ring (bicyclic) bond motifs is 1. The number of nitrogens with one attached hydrogen (secondary N) is 1. The van der Waals surface area contributed by atoms with Crippen LogP contribution in [0.4, 0.5) is 17.3 Å². The summed E-state index contributed by atoms with van der Waals surface area (Å²) in [5, 5.41) is 11.2. The molecule has 7 nitrogen and oxygen atoms in total. The summed E-state index contributed by atoms with van der Waals surface area (Å²) >= 11 is 0. The van der Waals surface area contributed by atoms with Crippen LogP contribution in [0.3, 0.4) is 0 Å². The summed E-state index contributed by atoms with van der Waals surface area (Å²) in [6, 6.07) is 3.41. The standard InChI is InChI=1S/C13H19N5O2/c14-16-12-7-6-11(18(19)20)13(15-12)17-8-2-4-9-3-1-5-10(9)17/h6-7,9-10H,1-5,8,14H2,(H,15,16). The SMILES string of the molecule is NNc1ccc([N+](=O)[O-])c(N2CCCC3CCCC32)n1. The molecule has 7 heteroatoms. The molecule has 2 aliphatic rings. The van der Waals surface area contributed by atoms with Crippen molar-refractivity contribution in [3.63, 3.8) is 0 Å². The Morgan fingerprint density at radius 2 is 2.15 bits per heavy atom. The Kier molecular flexibility index (Phi) is 3.43. The van der Waals surface area contributed by atoms with Gasteiger partial charge in [-0.05, 0) is 37.7 Å². The maximum atomic E-state index is 11.2. The Labute approximate surface area is 117 Å². The van der Waals surface area contributed by atoms with E-state index in [4.69, 9.17) is 5.84 Å². The van der Waals surface area contributed by atoms with E-state index >= 15 is 0 Å². The fraction of sp³-hybridized carbons (Fsp3) is 0.615. The number of hydrogen-bond acceptors (Lipinski definition) is 6. The molecule has 0 bridgehead atoms. The van der Waals surface area contributed by atoms with Crippen LogP contribution < -0.4 is 16.2 Å². The van der Waals surface area contributed by atoms with Gasteiger partial charge in [0.15, 0.2) is 0 Å². The normalized spacial score (nSPS) is 25.4. The van der Waals surface area contributed by atoms with Gasteiger partial charge in [0.1, 0.15) is 5.82 Å². The zero-order valence-electron chi connectivity index (χ0n) is 11.3. The Morgan fingerprint density at radius 1 is 1.35 bits per heavy atom. The highest BCUT2D eigenvalue weighted by Crippen LogP contribution is 2.41. The van der Waals surface area contributed by atoms with E-state index in [1.54, 1.807) is 0 Å². The van der Waals surface area contributed by atoms with Crippen molar-refractivity contribution >= 4 is 17.3 Å². The lowest BCUT2D eigenvalue weighted by Crippen LogP contribution is -2.43. The predicted octanol–water partition coefficient (Wildman–Crippen LogP) is 2.04. The average Bonchev–Trinajstić information content (AvgIpc) is 2.94. The minimum atomic E-state index is -0.360. The molecule has 1 saturated carbocycles. The second kappa shape index (κ2) is 5.24. The monoisotopic (exact) mass is 277 g/mol. The Balaban J connectivity index is 2.00. The first-order valence-electron chi connectivity index (χ1n) is 7.09. The molecule has 1 aliphatic carbocycles. The zero-order chi connectivity index (χ0) is 14.1. The van der Waals surface area contributed by atoms with E-state index in [9.17, 15) is 10.1 Å². The number of rotatable bonds is 3. The number of nitrogens with zero attached hydrogens (tertiary/aromatic N) is 3. The molecule has 108 valence electrons. The van der Waals surface area contributed by atoms with Crippen molar-refractivity contribution in [2.24, 2.45) is 11.8 Å². The highest BCUT2D eigenvalue weighted by Gasteiger charge is 2.38. The van der Waals surface area contributed by atoms with Gasteiger partial charge in [-0.1, -0.05) is 6.42 Å². The number of nitrogens with two attached hydrogens (primary N) is 1. The van der Waals surface area contributed by atoms with Gasteiger partial charge in [-0.15, -0.1) is 0 Å². The highest BCUT2D eigenvalue weighted by atomic mass is 16.6. The Hall–Kier alpha value is -1.89. The molecule has 2 unspecified atom stereocenters. The van der Waals surface area contributed by atoms with Crippen LogP contribution in [0.5, 0.6) is 0 Å². The first-order valence-corrected chi connectivity index (χ1v) is 7.09. The predicted molar refractivity (Wildman–Crippen MR) is 76.4 cm³/mol. The maximum Gasteiger partial charge on any atom is 0.311 e. The van der Waals surface area contributed by atoms with E-state index in [2.05, 4.69) is 15.3 Å². The molecular weight excluding hydrogens is 258 g/mol. The third kappa shape index (κ3) is 2.18. The van der Waals surface area contributed by atoms with Crippen molar-refractivity contribution in [1.82, 2.24) is 4.98 Å². The van der Waals surface area contributed by atoms with Crippen LogP contribution in [-0.4, -0.2) is 22.5 Å². The summed E-state index contributed by atoms with van der Waals surface area (Å²) in [5.74, 6) is 6.96. The van der Waals surface area contributed by atoms with Gasteiger partial charge in [-0.3, -0.25) is 10.1 Å². The number of piperidine rings is 1. The first-order chi connectivity index (χ1) is 9.70. The van der Waals surface area contributed by atoms with Gasteiger partial charge in [0.2, 0.25) is 5.82 Å². The van der Waals surface area contributed by atoms with E-state index < -0.39 is 0 Å². The molecule has 3 rings (SSSR count). The molecule has 0 aromatic carbocycles. The van der Waals surface area contributed by atoms with Crippen molar-refractivity contribution in [2.75, 3.05) is 16.9 Å². The number of pyridine rings is 1. The lowest BCUT2D eigenvalue weighted by molar-refractivity contribution is -0.384. The van der Waals surface area contributed by atoms with E-state index in [-0.39, 0.29) is 10.6 Å². The van der Waals surface area contributed by atoms with Crippen LogP contribution >= 0.6 is 0 Å². The first kappa shape index (κ1) is 13.1. The van der Waals surface area contributed by atoms with Gasteiger partial charge in [0.05, 0.1) is 4.92 Å². The fourth-order valence-electron chi connectivity index (χ4n) is 3.59. The van der Waals surface area contributed by atoms with Crippen molar-refractivity contribution in [2.45, 2.75) is 38.1 Å². The molecule has 1 aromatic heterocycles. The number of aromatic nitrogens is 1. The van der Waals surface area contributed by atoms with Gasteiger partial charge in [0, 0.05) is 18.7 Å². The Bertz CT molecular complexity index is 521. The lowest BCUT2D eigenvalue weighted by atomic mass is 9.92. The van der Waals surface area contributed by atoms with Crippen LogP contribution in [-0.2, 0) is 0 Å². The number of hydrogen-bond donors (Lipinski definition) is 2. The van der Waals surface area contributed by atoms with Gasteiger partial charge in [-0.2, -0.15) is 0 Å². The zero-order valence-corrected chi connectivity index (χ0v) is 11.3. The molecule has 0 radical (unpaired) electrons. The van der Waals surface area contributed by atoms with E-state index in [0.29, 0.717) is 23.6 Å². The van der Waals surface area contributed by atoms with Crippen LogP contribution in [0.25, 0.3) is 0 Å². The van der Waals surface area contributed by atoms with Crippen molar-refractivity contribution in [3.8, 4) is 0 Å². The fourth-order valence-corrected chi connectivity index (χ4v) is 3.59. The second-order valence-corrected chi connectivity index (χ2v) is 5.53. The average molecular weight is 277 g/mol. The van der Waals surface area contributed by atoms with Crippen molar-refractivity contribution in [1.29, 1.82) is 0 Å². The number of anilines is 2. The molecule has 0 spiro atoms. The molecule has 20 heavy (non-hydrogen) atoms. The summed E-state index contributed by atoms with van der Waals surface area (Å²) in [4.78, 5) is 17.4. The van der Waals surface area contributed by atoms with Gasteiger partial charge in [0.25, 0.3) is 0 Å². The number of nitro groups is 1. The third-order valence-electron chi connectivity index (χ3n) is 4.46. The minimum Gasteiger partial charge on any atom is -0.348 e. The van der Waals surface area contributed by atoms with Gasteiger partial charge in [-0.25, -0.2) is 10.8 Å². The summed E-state index contributed by atoms with van der Waals surface area (Å²) in [6.07, 6.45) is 5.83. The third-order valence-corrected chi connectivity index (χ3v) is 4.46. The van der Waals surface area contributed by atoms with Crippen LogP contribution in [0, 0.1) is 16.0 Å². The molecular formula is C13H19N5O2. The van der Waals surface area contributed by atoms with Crippen LogP contribution in [0.15, 0.2) is 12.1 Å². The molecule has 2 fully saturated rings. The second-order valence-electron chi connectivity index (χ2n) is 5.53. The van der Waals surface area contributed by atoms with Crippen molar-refractivity contribution in [3.05, 3.63) is 22.2 Å². The summed E-state index contributed by atoms with van der Waals surface area (Å²) < 4.78 is 0. The van der Waals surface area contributed by atoms with Crippen LogP contribution in [0.2, 0.25) is 0 Å². The van der Waals surface area contributed by atoms with Crippen molar-refractivity contribution < 1.29 is 4.92 Å². The van der Waals surface area contributed by atoms with Crippen LogP contribution in [0.1, 0.15) is 32.1 Å². The Morgan fingerprint density at radius 3 is 2.90 bits per heavy atom. The maximum absolute atomic E-state index is 11.2. The summed E-state index contributed by atoms with van der Waals surface area (Å²) in [5.41, 5.74) is 2.54. The number of nitrogen functional groups attached to an aromatic ring is 1. The summed E-state index contributed by atoms with van der Waals surface area (Å²) in [7, 11) is 0. The van der Waals surface area contributed by atoms with E-state index in [1.807, 2.05) is 0 Å². The quantitative estimate of drug-likeness (QED) is 0.498. The number of hydrazine groups is 1. The summed E-state index contributed by atoms with van der Waals surface area (Å²) in [6.45, 7) is 0.836. The van der Waals surface area contributed by atoms with Gasteiger partial charge >= 0.3 is 5.69 Å². The van der Waals surface area contributed by atoms with Gasteiger partial charge < -0.3 is 10.3 Å². The smallest absolute Gasteiger partial charge is 0.311 e. The minimum absolute atomic E-state index is 0.0662. The van der Waals surface area contributed by atoms with E-state index in [1.165, 1.54) is 31.4 Å². The molecule has 2 atom stereocenters. The lowest BCUT2D eigenvalue weighted by Gasteiger charge is -2.38. The molecule has 2 heterocycles. The largest absolute Gasteiger partial charge is 0.348 e. The molecule has 3 N–H and O–H groups in total.